The molecule has 0 bridgehead atoms. The van der Waals surface area contributed by atoms with Gasteiger partial charge in [-0.2, -0.15) is 4.36 Å². The number of carbonyl (C=O) groups is 1. The normalized spacial score (nSPS) is 16.0. The Labute approximate surface area is 180 Å². The zero-order chi connectivity index (χ0) is 21.7. The van der Waals surface area contributed by atoms with Crippen molar-refractivity contribution in [1.82, 2.24) is 5.32 Å². The molecule has 0 aliphatic heterocycles. The number of nitrogens with zero attached hydrogens (tertiary/aromatic N) is 1. The maximum absolute atomic E-state index is 12.2. The molecule has 0 spiro atoms. The number of fused-ring (bicyclic) bond motifs is 1. The summed E-state index contributed by atoms with van der Waals surface area (Å²) in [6, 6.07) is 11.7. The van der Waals surface area contributed by atoms with Crippen LogP contribution in [0.1, 0.15) is 48.9 Å². The Bertz CT molecular complexity index is 1010. The lowest BCUT2D eigenvalue weighted by Gasteiger charge is -2.32. The molecule has 0 saturated carbocycles. The molecular formula is C23H30N2O4S. The molecule has 1 amide bonds. The fourth-order valence-corrected chi connectivity index (χ4v) is 4.33. The van der Waals surface area contributed by atoms with Crippen LogP contribution in [0.2, 0.25) is 0 Å². The predicted molar refractivity (Wildman–Crippen MR) is 120 cm³/mol. The molecule has 3 rings (SSSR count). The van der Waals surface area contributed by atoms with Gasteiger partial charge in [-0.3, -0.25) is 8.98 Å². The average molecular weight is 431 g/mol. The minimum atomic E-state index is -2.05. The van der Waals surface area contributed by atoms with Crippen LogP contribution in [0.25, 0.3) is 0 Å². The molecule has 1 N–H and O–H groups in total. The van der Waals surface area contributed by atoms with Gasteiger partial charge in [0.1, 0.15) is 5.75 Å². The van der Waals surface area contributed by atoms with Gasteiger partial charge in [0.2, 0.25) is 0 Å². The van der Waals surface area contributed by atoms with Crippen molar-refractivity contribution in [2.45, 2.75) is 52.0 Å². The molecule has 1 unspecified atom stereocenters. The highest BCUT2D eigenvalue weighted by molar-refractivity contribution is 7.69. The van der Waals surface area contributed by atoms with Crippen molar-refractivity contribution in [2.24, 2.45) is 4.36 Å². The number of aryl methyl sites for hydroxylation is 2. The first-order valence-electron chi connectivity index (χ1n) is 10.1. The molecular weight excluding hydrogens is 400 g/mol. The maximum Gasteiger partial charge on any atom is 0.258 e. The second kappa shape index (κ2) is 9.62. The van der Waals surface area contributed by atoms with Gasteiger partial charge in [-0.15, -0.1) is 0 Å². The van der Waals surface area contributed by atoms with Crippen LogP contribution in [0, 0.1) is 6.92 Å². The van der Waals surface area contributed by atoms with E-state index in [9.17, 15) is 9.00 Å². The van der Waals surface area contributed by atoms with Crippen molar-refractivity contribution in [3.8, 4) is 5.75 Å². The molecule has 1 atom stereocenters. The van der Waals surface area contributed by atoms with Crippen molar-refractivity contribution in [1.29, 1.82) is 0 Å². The molecule has 6 nitrogen and oxygen atoms in total. The smallest absolute Gasteiger partial charge is 0.258 e. The lowest BCUT2D eigenvalue weighted by Crippen LogP contribution is -2.28. The van der Waals surface area contributed by atoms with Gasteiger partial charge in [-0.05, 0) is 72.1 Å². The summed E-state index contributed by atoms with van der Waals surface area (Å²) >= 11 is 0. The first-order chi connectivity index (χ1) is 14.3. The second-order valence-corrected chi connectivity index (χ2v) is 9.30. The third-order valence-electron chi connectivity index (χ3n) is 5.52. The lowest BCUT2D eigenvalue weighted by atomic mass is 9.73. The van der Waals surface area contributed by atoms with Crippen molar-refractivity contribution < 1.29 is 17.9 Å². The molecule has 1 aliphatic rings. The highest BCUT2D eigenvalue weighted by Gasteiger charge is 2.27. The van der Waals surface area contributed by atoms with E-state index in [1.165, 1.54) is 31.1 Å². The topological polar surface area (TPSA) is 77.0 Å². The quantitative estimate of drug-likeness (QED) is 0.647. The summed E-state index contributed by atoms with van der Waals surface area (Å²) in [5, 5.41) is 2.87. The Morgan fingerprint density at radius 3 is 2.77 bits per heavy atom. The van der Waals surface area contributed by atoms with E-state index in [4.69, 9.17) is 8.92 Å². The van der Waals surface area contributed by atoms with E-state index in [1.807, 2.05) is 25.1 Å². The van der Waals surface area contributed by atoms with Gasteiger partial charge in [0, 0.05) is 6.54 Å². The van der Waals surface area contributed by atoms with Gasteiger partial charge < -0.3 is 10.1 Å². The molecule has 162 valence electrons. The van der Waals surface area contributed by atoms with E-state index in [2.05, 4.69) is 35.7 Å². The third-order valence-corrected chi connectivity index (χ3v) is 6.21. The average Bonchev–Trinajstić information content (AvgIpc) is 2.72. The standard InChI is InChI=1S/C23H30N2O4S/c1-16-12-17(7-10-21(16)25-30(27)28-4)14-24-22(26)15-29-19-8-9-20-18(13-19)6-5-11-23(20,2)3/h7-10,12-13,30H,5-6,11,14-15H2,1-4H3,(H,24,26). The minimum Gasteiger partial charge on any atom is -0.484 e. The molecule has 0 saturated heterocycles. The molecule has 0 fully saturated rings. The van der Waals surface area contributed by atoms with Gasteiger partial charge in [0.25, 0.3) is 5.91 Å². The summed E-state index contributed by atoms with van der Waals surface area (Å²) in [5.41, 5.74) is 5.32. The molecule has 0 aromatic heterocycles. The van der Waals surface area contributed by atoms with Crippen LogP contribution >= 0.6 is 0 Å². The van der Waals surface area contributed by atoms with Crippen molar-refractivity contribution >= 4 is 22.5 Å². The van der Waals surface area contributed by atoms with Gasteiger partial charge in [0.05, 0.1) is 12.8 Å². The van der Waals surface area contributed by atoms with Gasteiger partial charge in [-0.25, -0.2) is 4.21 Å². The summed E-state index contributed by atoms with van der Waals surface area (Å²) in [4.78, 5) is 12.2. The molecule has 0 heterocycles. The summed E-state index contributed by atoms with van der Waals surface area (Å²) in [5.74, 6) is 0.553. The number of amides is 1. The molecule has 7 heteroatoms. The molecule has 2 aromatic rings. The number of ether oxygens (including phenoxy) is 1. The Balaban J connectivity index is 1.53. The zero-order valence-electron chi connectivity index (χ0n) is 18.0. The Hall–Kier alpha value is -2.38. The van der Waals surface area contributed by atoms with Crippen LogP contribution in [-0.4, -0.2) is 23.8 Å². The first kappa shape index (κ1) is 22.3. The number of benzene rings is 2. The molecule has 0 radical (unpaired) electrons. The number of thiol groups is 1. The largest absolute Gasteiger partial charge is 0.484 e. The fraction of sp³-hybridized carbons (Fsp3) is 0.435. The van der Waals surface area contributed by atoms with Crippen LogP contribution in [0.4, 0.5) is 5.69 Å². The van der Waals surface area contributed by atoms with Crippen molar-refractivity contribution in [2.75, 3.05) is 13.7 Å². The third kappa shape index (κ3) is 5.61. The van der Waals surface area contributed by atoms with E-state index < -0.39 is 10.9 Å². The Morgan fingerprint density at radius 1 is 1.23 bits per heavy atom. The van der Waals surface area contributed by atoms with Crippen molar-refractivity contribution in [3.63, 3.8) is 0 Å². The predicted octanol–water partition coefficient (Wildman–Crippen LogP) is 4.16. The summed E-state index contributed by atoms with van der Waals surface area (Å²) < 4.78 is 25.8. The number of carbonyl (C=O) groups excluding carboxylic acids is 1. The van der Waals surface area contributed by atoms with Gasteiger partial charge in [0.15, 0.2) is 17.5 Å². The molecule has 1 aliphatic carbocycles. The number of hydrogen-bond donors (Lipinski definition) is 2. The van der Waals surface area contributed by atoms with Crippen molar-refractivity contribution in [3.05, 3.63) is 58.7 Å². The SMILES string of the molecule is CO[SH](=O)=Nc1ccc(CNC(=O)COc2ccc3c(c2)CCCC3(C)C)cc1C. The van der Waals surface area contributed by atoms with E-state index in [-0.39, 0.29) is 17.9 Å². The van der Waals surface area contributed by atoms with Gasteiger partial charge >= 0.3 is 0 Å². The van der Waals surface area contributed by atoms with E-state index >= 15 is 0 Å². The zero-order valence-corrected chi connectivity index (χ0v) is 18.9. The maximum atomic E-state index is 12.2. The Morgan fingerprint density at radius 2 is 2.03 bits per heavy atom. The summed E-state index contributed by atoms with van der Waals surface area (Å²) in [6.07, 6.45) is 3.43. The lowest BCUT2D eigenvalue weighted by molar-refractivity contribution is -0.123. The number of hydrogen-bond acceptors (Lipinski definition) is 5. The molecule has 30 heavy (non-hydrogen) atoms. The molecule has 2 aromatic carbocycles. The van der Waals surface area contributed by atoms with Crippen LogP contribution in [-0.2, 0) is 38.2 Å². The fourth-order valence-electron chi connectivity index (χ4n) is 3.85. The second-order valence-electron chi connectivity index (χ2n) is 8.26. The minimum absolute atomic E-state index is 0.0249. The first-order valence-corrected chi connectivity index (χ1v) is 11.3. The van der Waals surface area contributed by atoms with E-state index in [1.54, 1.807) is 6.07 Å². The van der Waals surface area contributed by atoms with Crippen LogP contribution in [0.15, 0.2) is 40.8 Å². The van der Waals surface area contributed by atoms with Gasteiger partial charge in [-0.1, -0.05) is 32.0 Å². The summed E-state index contributed by atoms with van der Waals surface area (Å²) in [6.45, 7) is 6.79. The van der Waals surface area contributed by atoms with E-state index in [0.29, 0.717) is 12.2 Å². The summed E-state index contributed by atoms with van der Waals surface area (Å²) in [7, 11) is -0.690. The number of rotatable bonds is 7. The van der Waals surface area contributed by atoms with Crippen LogP contribution in [0.3, 0.4) is 0 Å². The van der Waals surface area contributed by atoms with E-state index in [0.717, 1.165) is 23.3 Å². The highest BCUT2D eigenvalue weighted by atomic mass is 32.2. The monoisotopic (exact) mass is 430 g/mol. The van der Waals surface area contributed by atoms with Crippen LogP contribution in [0.5, 0.6) is 5.75 Å². The van der Waals surface area contributed by atoms with Crippen LogP contribution < -0.4 is 10.1 Å². The number of nitrogens with one attached hydrogen (secondary N) is 1. The highest BCUT2D eigenvalue weighted by Crippen LogP contribution is 2.38. The Kier molecular flexibility index (Phi) is 7.15.